The number of nitrogens with two attached hydrogens (primary N) is 1. The maximum absolute atomic E-state index is 11.6. The van der Waals surface area contributed by atoms with E-state index >= 15 is 0 Å². The summed E-state index contributed by atoms with van der Waals surface area (Å²) in [5, 5.41) is 8.49. The normalized spacial score (nSPS) is 10.6. The molecule has 6 nitrogen and oxygen atoms in total. The van der Waals surface area contributed by atoms with E-state index in [9.17, 15) is 4.79 Å². The van der Waals surface area contributed by atoms with E-state index in [1.54, 1.807) is 32.0 Å². The number of hydrogen-bond acceptors (Lipinski definition) is 5. The molecule has 1 heterocycles. The number of aromatic nitrogens is 3. The predicted molar refractivity (Wildman–Crippen MR) is 76.3 cm³/mol. The minimum absolute atomic E-state index is 0.0179. The zero-order chi connectivity index (χ0) is 14.7. The van der Waals surface area contributed by atoms with E-state index in [4.69, 9.17) is 22.1 Å². The van der Waals surface area contributed by atoms with E-state index in [1.165, 1.54) is 4.68 Å². The van der Waals surface area contributed by atoms with Gasteiger partial charge in [0, 0.05) is 16.3 Å². The van der Waals surface area contributed by atoms with Gasteiger partial charge >= 0.3 is 5.97 Å². The van der Waals surface area contributed by atoms with Crippen molar-refractivity contribution in [1.82, 2.24) is 15.0 Å². The van der Waals surface area contributed by atoms with Gasteiger partial charge in [-0.25, -0.2) is 4.68 Å². The van der Waals surface area contributed by atoms with Gasteiger partial charge < -0.3 is 10.5 Å². The fourth-order valence-electron chi connectivity index (χ4n) is 1.91. The van der Waals surface area contributed by atoms with Crippen molar-refractivity contribution in [2.24, 2.45) is 0 Å². The number of halogens is 1. The molecule has 2 N–H and O–H groups in total. The summed E-state index contributed by atoms with van der Waals surface area (Å²) in [6, 6.07) is 5.14. The number of rotatable bonds is 4. The highest BCUT2D eigenvalue weighted by atomic mass is 35.5. The van der Waals surface area contributed by atoms with Crippen molar-refractivity contribution in [2.75, 3.05) is 12.3 Å². The Labute approximate surface area is 121 Å². The molecule has 0 fully saturated rings. The van der Waals surface area contributed by atoms with Crippen LogP contribution in [0.15, 0.2) is 18.2 Å². The highest BCUT2D eigenvalue weighted by molar-refractivity contribution is 6.31. The Hall–Kier alpha value is -2.08. The standard InChI is InChI=1S/C13H15ClN4O2/c1-3-20-12(19)7-18-13(8(2)16-17-18)10-6-9(14)4-5-11(10)15/h4-6H,3,7,15H2,1-2H3. The summed E-state index contributed by atoms with van der Waals surface area (Å²) in [4.78, 5) is 11.6. The minimum Gasteiger partial charge on any atom is -0.465 e. The van der Waals surface area contributed by atoms with Gasteiger partial charge in [-0.1, -0.05) is 16.8 Å². The van der Waals surface area contributed by atoms with Gasteiger partial charge in [0.25, 0.3) is 0 Å². The molecule has 0 aliphatic carbocycles. The molecule has 0 saturated heterocycles. The Morgan fingerprint density at radius 1 is 1.50 bits per heavy atom. The first-order valence-corrected chi connectivity index (χ1v) is 6.51. The summed E-state index contributed by atoms with van der Waals surface area (Å²) in [6.07, 6.45) is 0. The summed E-state index contributed by atoms with van der Waals surface area (Å²) in [5.74, 6) is -0.376. The zero-order valence-corrected chi connectivity index (χ0v) is 12.0. The molecule has 2 rings (SSSR count). The van der Waals surface area contributed by atoms with Crippen LogP contribution in [0.3, 0.4) is 0 Å². The van der Waals surface area contributed by atoms with Crippen LogP contribution in [0.5, 0.6) is 0 Å². The molecule has 0 radical (unpaired) electrons. The second-order valence-corrected chi connectivity index (χ2v) is 4.65. The third-order valence-corrected chi connectivity index (χ3v) is 2.99. The van der Waals surface area contributed by atoms with Crippen molar-refractivity contribution in [3.05, 3.63) is 28.9 Å². The highest BCUT2D eigenvalue weighted by Crippen LogP contribution is 2.30. The van der Waals surface area contributed by atoms with Crippen molar-refractivity contribution in [3.63, 3.8) is 0 Å². The number of anilines is 1. The lowest BCUT2D eigenvalue weighted by Crippen LogP contribution is -2.15. The first-order chi connectivity index (χ1) is 9.52. The van der Waals surface area contributed by atoms with Crippen molar-refractivity contribution >= 4 is 23.3 Å². The summed E-state index contributed by atoms with van der Waals surface area (Å²) in [5.41, 5.74) is 8.54. The van der Waals surface area contributed by atoms with Crippen LogP contribution in [-0.2, 0) is 16.1 Å². The Morgan fingerprint density at radius 3 is 2.95 bits per heavy atom. The number of carbonyl (C=O) groups excluding carboxylic acids is 1. The molecule has 0 aliphatic heterocycles. The van der Waals surface area contributed by atoms with Crippen molar-refractivity contribution in [3.8, 4) is 11.3 Å². The third kappa shape index (κ3) is 2.91. The average Bonchev–Trinajstić information content (AvgIpc) is 2.74. The van der Waals surface area contributed by atoms with Gasteiger partial charge in [0.1, 0.15) is 6.54 Å². The topological polar surface area (TPSA) is 83.0 Å². The van der Waals surface area contributed by atoms with Crippen LogP contribution in [0.1, 0.15) is 12.6 Å². The first-order valence-electron chi connectivity index (χ1n) is 6.14. The molecule has 7 heteroatoms. The molecule has 0 unspecified atom stereocenters. The van der Waals surface area contributed by atoms with Crippen LogP contribution in [0.25, 0.3) is 11.3 Å². The summed E-state index contributed by atoms with van der Waals surface area (Å²) in [6.45, 7) is 3.85. The molecular formula is C13H15ClN4O2. The second-order valence-electron chi connectivity index (χ2n) is 4.22. The smallest absolute Gasteiger partial charge is 0.327 e. The van der Waals surface area contributed by atoms with Crippen molar-refractivity contribution in [1.29, 1.82) is 0 Å². The third-order valence-electron chi connectivity index (χ3n) is 2.76. The summed E-state index contributed by atoms with van der Waals surface area (Å²) in [7, 11) is 0. The van der Waals surface area contributed by atoms with E-state index in [1.807, 2.05) is 0 Å². The van der Waals surface area contributed by atoms with Gasteiger partial charge in [-0.2, -0.15) is 0 Å². The molecular weight excluding hydrogens is 280 g/mol. The van der Waals surface area contributed by atoms with Crippen LogP contribution < -0.4 is 5.73 Å². The number of aryl methyl sites for hydroxylation is 1. The summed E-state index contributed by atoms with van der Waals surface area (Å²) >= 11 is 6.00. The maximum Gasteiger partial charge on any atom is 0.327 e. The lowest BCUT2D eigenvalue weighted by atomic mass is 10.1. The number of nitrogen functional groups attached to an aromatic ring is 1. The van der Waals surface area contributed by atoms with Crippen LogP contribution in [0, 0.1) is 6.92 Å². The monoisotopic (exact) mass is 294 g/mol. The molecule has 1 aromatic carbocycles. The number of carbonyl (C=O) groups is 1. The van der Waals surface area contributed by atoms with Crippen molar-refractivity contribution in [2.45, 2.75) is 20.4 Å². The number of hydrogen-bond donors (Lipinski definition) is 1. The van der Waals surface area contributed by atoms with Crippen LogP contribution >= 0.6 is 11.6 Å². The van der Waals surface area contributed by atoms with Gasteiger partial charge in [-0.05, 0) is 32.0 Å². The molecule has 0 atom stereocenters. The first kappa shape index (κ1) is 14.3. The molecule has 0 spiro atoms. The van der Waals surface area contributed by atoms with Crippen LogP contribution in [0.2, 0.25) is 5.02 Å². The fraction of sp³-hybridized carbons (Fsp3) is 0.308. The zero-order valence-electron chi connectivity index (χ0n) is 11.3. The molecule has 0 saturated carbocycles. The Kier molecular flexibility index (Phi) is 4.24. The lowest BCUT2D eigenvalue weighted by molar-refractivity contribution is -0.144. The fourth-order valence-corrected chi connectivity index (χ4v) is 2.08. The van der Waals surface area contributed by atoms with E-state index in [0.29, 0.717) is 34.3 Å². The molecule has 1 aromatic heterocycles. The predicted octanol–water partition coefficient (Wildman–Crippen LogP) is 2.05. The Balaban J connectivity index is 2.43. The quantitative estimate of drug-likeness (QED) is 0.689. The van der Waals surface area contributed by atoms with E-state index in [-0.39, 0.29) is 12.5 Å². The highest BCUT2D eigenvalue weighted by Gasteiger charge is 2.17. The molecule has 0 amide bonds. The maximum atomic E-state index is 11.6. The Bertz CT molecular complexity index is 639. The second kappa shape index (κ2) is 5.92. The average molecular weight is 295 g/mol. The SMILES string of the molecule is CCOC(=O)Cn1nnc(C)c1-c1cc(Cl)ccc1N. The van der Waals surface area contributed by atoms with E-state index in [2.05, 4.69) is 10.3 Å². The van der Waals surface area contributed by atoms with Gasteiger partial charge in [-0.15, -0.1) is 5.10 Å². The van der Waals surface area contributed by atoms with Crippen LogP contribution in [-0.4, -0.2) is 27.6 Å². The van der Waals surface area contributed by atoms with Gasteiger partial charge in [0.15, 0.2) is 0 Å². The van der Waals surface area contributed by atoms with E-state index in [0.717, 1.165) is 0 Å². The van der Waals surface area contributed by atoms with Gasteiger partial charge in [0.2, 0.25) is 0 Å². The number of nitrogens with zero attached hydrogens (tertiary/aromatic N) is 3. The lowest BCUT2D eigenvalue weighted by Gasteiger charge is -2.09. The molecule has 0 bridgehead atoms. The largest absolute Gasteiger partial charge is 0.465 e. The number of ether oxygens (including phenoxy) is 1. The molecule has 20 heavy (non-hydrogen) atoms. The van der Waals surface area contributed by atoms with Gasteiger partial charge in [-0.3, -0.25) is 4.79 Å². The molecule has 2 aromatic rings. The molecule has 0 aliphatic rings. The van der Waals surface area contributed by atoms with Gasteiger partial charge in [0.05, 0.1) is 18.0 Å². The van der Waals surface area contributed by atoms with Crippen LogP contribution in [0.4, 0.5) is 5.69 Å². The molecule has 106 valence electrons. The number of benzene rings is 1. The summed E-state index contributed by atoms with van der Waals surface area (Å²) < 4.78 is 6.38. The minimum atomic E-state index is -0.376. The number of esters is 1. The van der Waals surface area contributed by atoms with E-state index < -0.39 is 0 Å². The van der Waals surface area contributed by atoms with Crippen molar-refractivity contribution < 1.29 is 9.53 Å². The Morgan fingerprint density at radius 2 is 2.25 bits per heavy atom.